The quantitative estimate of drug-likeness (QED) is 0.894. The van der Waals surface area contributed by atoms with E-state index in [0.717, 1.165) is 11.0 Å². The van der Waals surface area contributed by atoms with Crippen molar-refractivity contribution in [3.63, 3.8) is 0 Å². The van der Waals surface area contributed by atoms with Gasteiger partial charge in [-0.05, 0) is 20.0 Å². The number of carbonyl (C=O) groups is 1. The van der Waals surface area contributed by atoms with Crippen LogP contribution in [0.25, 0.3) is 11.0 Å². The third-order valence-electron chi connectivity index (χ3n) is 2.79. The molecule has 0 spiro atoms. The van der Waals surface area contributed by atoms with E-state index in [4.69, 9.17) is 4.42 Å². The standard InChI is InChI=1S/C13H16N2O2.ClH/c1-9(14-2)7-15-13(16)11-8-17-12-6-4-3-5-10(11)12;/h3-6,8-9,14H,7H2,1-2H3,(H,15,16);1H. The van der Waals surface area contributed by atoms with Crippen LogP contribution >= 0.6 is 12.4 Å². The lowest BCUT2D eigenvalue weighted by Gasteiger charge is -2.10. The van der Waals surface area contributed by atoms with Gasteiger partial charge in [0.1, 0.15) is 11.8 Å². The van der Waals surface area contributed by atoms with Crippen molar-refractivity contribution < 1.29 is 9.21 Å². The number of nitrogens with one attached hydrogen (secondary N) is 2. The van der Waals surface area contributed by atoms with E-state index in [-0.39, 0.29) is 24.4 Å². The van der Waals surface area contributed by atoms with Gasteiger partial charge in [-0.3, -0.25) is 4.79 Å². The maximum absolute atomic E-state index is 11.9. The van der Waals surface area contributed by atoms with Gasteiger partial charge < -0.3 is 15.1 Å². The van der Waals surface area contributed by atoms with Crippen molar-refractivity contribution in [3.05, 3.63) is 36.1 Å². The minimum Gasteiger partial charge on any atom is -0.463 e. The van der Waals surface area contributed by atoms with Crippen LogP contribution in [-0.4, -0.2) is 25.5 Å². The molecule has 1 aromatic carbocycles. The average Bonchev–Trinajstić information content (AvgIpc) is 2.79. The average molecular weight is 269 g/mol. The summed E-state index contributed by atoms with van der Waals surface area (Å²) in [4.78, 5) is 11.9. The highest BCUT2D eigenvalue weighted by Gasteiger charge is 2.13. The molecule has 0 saturated carbocycles. The Hall–Kier alpha value is -1.52. The van der Waals surface area contributed by atoms with Crippen molar-refractivity contribution in [3.8, 4) is 0 Å². The number of para-hydroxylation sites is 1. The summed E-state index contributed by atoms with van der Waals surface area (Å²) in [6, 6.07) is 7.76. The molecule has 2 rings (SSSR count). The number of benzene rings is 1. The van der Waals surface area contributed by atoms with E-state index in [0.29, 0.717) is 12.1 Å². The third-order valence-corrected chi connectivity index (χ3v) is 2.79. The van der Waals surface area contributed by atoms with Gasteiger partial charge in [0, 0.05) is 18.0 Å². The molecule has 2 aromatic rings. The van der Waals surface area contributed by atoms with Crippen LogP contribution in [0.2, 0.25) is 0 Å². The molecule has 0 bridgehead atoms. The van der Waals surface area contributed by atoms with Crippen molar-refractivity contribution in [2.45, 2.75) is 13.0 Å². The van der Waals surface area contributed by atoms with Gasteiger partial charge in [0.15, 0.2) is 0 Å². The molecule has 0 radical (unpaired) electrons. The minimum atomic E-state index is -0.1000. The number of halogens is 1. The summed E-state index contributed by atoms with van der Waals surface area (Å²) in [5, 5.41) is 6.78. The molecule has 1 unspecified atom stereocenters. The normalized spacial score (nSPS) is 11.9. The van der Waals surface area contributed by atoms with Crippen molar-refractivity contribution in [1.29, 1.82) is 0 Å². The van der Waals surface area contributed by atoms with Crippen LogP contribution in [0.1, 0.15) is 17.3 Å². The van der Waals surface area contributed by atoms with Crippen molar-refractivity contribution in [1.82, 2.24) is 10.6 Å². The molecule has 0 saturated heterocycles. The molecule has 0 aliphatic carbocycles. The van der Waals surface area contributed by atoms with Gasteiger partial charge in [-0.1, -0.05) is 18.2 Å². The Labute approximate surface area is 112 Å². The maximum atomic E-state index is 11.9. The zero-order valence-electron chi connectivity index (χ0n) is 10.4. The second kappa shape index (κ2) is 6.42. The molecular formula is C13H17ClN2O2. The Bertz CT molecular complexity index is 524. The first kappa shape index (κ1) is 14.5. The smallest absolute Gasteiger partial charge is 0.255 e. The number of fused-ring (bicyclic) bond motifs is 1. The first-order valence-corrected chi connectivity index (χ1v) is 5.64. The molecule has 2 N–H and O–H groups in total. The molecule has 0 aliphatic rings. The lowest BCUT2D eigenvalue weighted by molar-refractivity contribution is 0.0951. The van der Waals surface area contributed by atoms with Gasteiger partial charge in [0.05, 0.1) is 5.56 Å². The Morgan fingerprint density at radius 3 is 2.83 bits per heavy atom. The topological polar surface area (TPSA) is 54.3 Å². The van der Waals surface area contributed by atoms with E-state index in [2.05, 4.69) is 10.6 Å². The molecule has 1 atom stereocenters. The zero-order chi connectivity index (χ0) is 12.3. The zero-order valence-corrected chi connectivity index (χ0v) is 11.2. The molecule has 4 nitrogen and oxygen atoms in total. The summed E-state index contributed by atoms with van der Waals surface area (Å²) in [5.41, 5.74) is 1.32. The van der Waals surface area contributed by atoms with Crippen LogP contribution in [0.15, 0.2) is 34.9 Å². The van der Waals surface area contributed by atoms with Gasteiger partial charge in [-0.25, -0.2) is 0 Å². The fourth-order valence-electron chi connectivity index (χ4n) is 1.60. The van der Waals surface area contributed by atoms with Gasteiger partial charge >= 0.3 is 0 Å². The van der Waals surface area contributed by atoms with Crippen LogP contribution in [-0.2, 0) is 0 Å². The molecule has 5 heteroatoms. The Morgan fingerprint density at radius 2 is 2.11 bits per heavy atom. The number of amides is 1. The fourth-order valence-corrected chi connectivity index (χ4v) is 1.60. The number of hydrogen-bond acceptors (Lipinski definition) is 3. The van der Waals surface area contributed by atoms with Crippen LogP contribution in [0.4, 0.5) is 0 Å². The summed E-state index contributed by atoms with van der Waals surface area (Å²) < 4.78 is 5.33. The van der Waals surface area contributed by atoms with Gasteiger partial charge in [-0.15, -0.1) is 12.4 Å². The summed E-state index contributed by atoms with van der Waals surface area (Å²) in [5.74, 6) is -0.1000. The van der Waals surface area contributed by atoms with Gasteiger partial charge in [0.2, 0.25) is 0 Å². The summed E-state index contributed by atoms with van der Waals surface area (Å²) in [7, 11) is 1.87. The number of carbonyl (C=O) groups excluding carboxylic acids is 1. The van der Waals surface area contributed by atoms with Crippen LogP contribution < -0.4 is 10.6 Å². The van der Waals surface area contributed by atoms with E-state index in [1.807, 2.05) is 38.2 Å². The highest BCUT2D eigenvalue weighted by Crippen LogP contribution is 2.20. The van der Waals surface area contributed by atoms with E-state index >= 15 is 0 Å². The summed E-state index contributed by atoms with van der Waals surface area (Å²) >= 11 is 0. The molecule has 0 aliphatic heterocycles. The van der Waals surface area contributed by atoms with E-state index in [9.17, 15) is 4.79 Å². The molecule has 98 valence electrons. The Kier molecular flexibility index (Phi) is 5.19. The lowest BCUT2D eigenvalue weighted by Crippen LogP contribution is -2.37. The fraction of sp³-hybridized carbons (Fsp3) is 0.308. The van der Waals surface area contributed by atoms with Crippen LogP contribution in [0.5, 0.6) is 0 Å². The number of hydrogen-bond donors (Lipinski definition) is 2. The van der Waals surface area contributed by atoms with E-state index in [1.54, 1.807) is 0 Å². The molecule has 1 aromatic heterocycles. The minimum absolute atomic E-state index is 0. The SMILES string of the molecule is CNC(C)CNC(=O)c1coc2ccccc12.Cl. The van der Waals surface area contributed by atoms with Gasteiger partial charge in [0.25, 0.3) is 5.91 Å². The summed E-state index contributed by atoms with van der Waals surface area (Å²) in [6.07, 6.45) is 1.50. The lowest BCUT2D eigenvalue weighted by atomic mass is 10.1. The monoisotopic (exact) mass is 268 g/mol. The van der Waals surface area contributed by atoms with E-state index < -0.39 is 0 Å². The summed E-state index contributed by atoms with van der Waals surface area (Å²) in [6.45, 7) is 2.60. The first-order valence-electron chi connectivity index (χ1n) is 5.64. The molecular weight excluding hydrogens is 252 g/mol. The molecule has 1 amide bonds. The first-order chi connectivity index (χ1) is 8.22. The third kappa shape index (κ3) is 3.03. The van der Waals surface area contributed by atoms with E-state index in [1.165, 1.54) is 6.26 Å². The Morgan fingerprint density at radius 1 is 1.39 bits per heavy atom. The van der Waals surface area contributed by atoms with Crippen molar-refractivity contribution >= 4 is 29.3 Å². The van der Waals surface area contributed by atoms with Crippen LogP contribution in [0, 0.1) is 0 Å². The maximum Gasteiger partial charge on any atom is 0.255 e. The molecule has 18 heavy (non-hydrogen) atoms. The predicted octanol–water partition coefficient (Wildman–Crippen LogP) is 2.19. The van der Waals surface area contributed by atoms with Crippen molar-refractivity contribution in [2.24, 2.45) is 0 Å². The number of rotatable bonds is 4. The second-order valence-electron chi connectivity index (χ2n) is 4.05. The van der Waals surface area contributed by atoms with Crippen molar-refractivity contribution in [2.75, 3.05) is 13.6 Å². The molecule has 0 fully saturated rings. The van der Waals surface area contributed by atoms with Gasteiger partial charge in [-0.2, -0.15) is 0 Å². The second-order valence-corrected chi connectivity index (χ2v) is 4.05. The molecule has 1 heterocycles. The highest BCUT2D eigenvalue weighted by molar-refractivity contribution is 6.05. The predicted molar refractivity (Wildman–Crippen MR) is 74.3 cm³/mol. The number of furan rings is 1. The highest BCUT2D eigenvalue weighted by atomic mass is 35.5. The number of likely N-dealkylation sites (N-methyl/N-ethyl adjacent to an activating group) is 1. The van der Waals surface area contributed by atoms with Crippen LogP contribution in [0.3, 0.4) is 0 Å². The Balaban J connectivity index is 0.00000162. The largest absolute Gasteiger partial charge is 0.463 e.